The zero-order valence-corrected chi connectivity index (χ0v) is 9.48. The predicted octanol–water partition coefficient (Wildman–Crippen LogP) is 2.21. The lowest BCUT2D eigenvalue weighted by atomic mass is 10.0. The number of H-pyrrole nitrogens is 1. The van der Waals surface area contributed by atoms with Crippen LogP contribution < -0.4 is 5.73 Å². The number of aromatic nitrogens is 2. The van der Waals surface area contributed by atoms with Crippen LogP contribution in [-0.4, -0.2) is 9.97 Å². The number of benzene rings is 1. The van der Waals surface area contributed by atoms with Crippen LogP contribution in [0.1, 0.15) is 30.0 Å². The van der Waals surface area contributed by atoms with E-state index in [1.165, 1.54) is 0 Å². The molecule has 1 unspecified atom stereocenters. The number of hydrogen-bond acceptors (Lipinski definition) is 2. The summed E-state index contributed by atoms with van der Waals surface area (Å²) < 4.78 is 0. The van der Waals surface area contributed by atoms with Gasteiger partial charge in [0.2, 0.25) is 0 Å². The first-order valence-corrected chi connectivity index (χ1v) is 5.63. The monoisotopic (exact) mass is 215 g/mol. The number of aryl methyl sites for hydroxylation is 1. The Morgan fingerprint density at radius 2 is 2.06 bits per heavy atom. The molecule has 0 aliphatic heterocycles. The van der Waals surface area contributed by atoms with Crippen molar-refractivity contribution in [1.29, 1.82) is 0 Å². The normalized spacial score (nSPS) is 12.6. The van der Waals surface area contributed by atoms with Crippen molar-refractivity contribution in [1.82, 2.24) is 9.97 Å². The molecule has 0 aliphatic rings. The van der Waals surface area contributed by atoms with Gasteiger partial charge in [-0.3, -0.25) is 0 Å². The van der Waals surface area contributed by atoms with E-state index >= 15 is 0 Å². The van der Waals surface area contributed by atoms with Crippen molar-refractivity contribution in [2.45, 2.75) is 25.8 Å². The van der Waals surface area contributed by atoms with Crippen LogP contribution in [0.15, 0.2) is 36.5 Å². The van der Waals surface area contributed by atoms with Gasteiger partial charge in [-0.2, -0.15) is 0 Å². The van der Waals surface area contributed by atoms with Gasteiger partial charge in [0.05, 0.1) is 0 Å². The minimum Gasteiger partial charge on any atom is -0.346 e. The zero-order valence-electron chi connectivity index (χ0n) is 9.48. The third-order valence-corrected chi connectivity index (χ3v) is 2.70. The van der Waals surface area contributed by atoms with Crippen molar-refractivity contribution in [3.63, 3.8) is 0 Å². The summed E-state index contributed by atoms with van der Waals surface area (Å²) in [4.78, 5) is 7.59. The summed E-state index contributed by atoms with van der Waals surface area (Å²) in [5.74, 6) is 0.966. The lowest BCUT2D eigenvalue weighted by Gasteiger charge is -2.09. The third kappa shape index (κ3) is 2.49. The lowest BCUT2D eigenvalue weighted by Crippen LogP contribution is -2.14. The van der Waals surface area contributed by atoms with Gasteiger partial charge in [-0.05, 0) is 12.0 Å². The van der Waals surface area contributed by atoms with Gasteiger partial charge in [0.1, 0.15) is 5.82 Å². The Labute approximate surface area is 95.7 Å². The number of imidazole rings is 1. The van der Waals surface area contributed by atoms with Crippen molar-refractivity contribution < 1.29 is 0 Å². The Balaban J connectivity index is 2.05. The van der Waals surface area contributed by atoms with E-state index in [0.717, 1.165) is 29.9 Å². The maximum Gasteiger partial charge on any atom is 0.108 e. The Morgan fingerprint density at radius 1 is 1.31 bits per heavy atom. The number of nitrogens with one attached hydrogen (secondary N) is 1. The molecule has 1 atom stereocenters. The van der Waals surface area contributed by atoms with Crippen LogP contribution >= 0.6 is 0 Å². The molecule has 3 nitrogen and oxygen atoms in total. The fraction of sp³-hybridized carbons (Fsp3) is 0.308. The average Bonchev–Trinajstić information content (AvgIpc) is 2.78. The maximum absolute atomic E-state index is 6.12. The number of nitrogens with zero attached hydrogens (tertiary/aromatic N) is 1. The Hall–Kier alpha value is -1.61. The van der Waals surface area contributed by atoms with Gasteiger partial charge >= 0.3 is 0 Å². The van der Waals surface area contributed by atoms with Crippen molar-refractivity contribution in [3.8, 4) is 0 Å². The topological polar surface area (TPSA) is 54.7 Å². The van der Waals surface area contributed by atoms with Crippen LogP contribution in [0, 0.1) is 0 Å². The first-order chi connectivity index (χ1) is 7.79. The fourth-order valence-corrected chi connectivity index (χ4v) is 1.72. The number of rotatable bonds is 4. The van der Waals surface area contributed by atoms with E-state index in [4.69, 9.17) is 5.73 Å². The molecule has 0 saturated heterocycles. The molecular weight excluding hydrogens is 198 g/mol. The standard InChI is InChI=1S/C13H17N3/c1-2-11-9-15-13(16-11)8-12(14)10-6-4-3-5-7-10/h3-7,9,12H,2,8,14H2,1H3,(H,15,16). The zero-order chi connectivity index (χ0) is 11.4. The molecule has 1 aromatic heterocycles. The quantitative estimate of drug-likeness (QED) is 0.821. The molecule has 3 N–H and O–H groups in total. The summed E-state index contributed by atoms with van der Waals surface area (Å²) in [7, 11) is 0. The maximum atomic E-state index is 6.12. The highest BCUT2D eigenvalue weighted by atomic mass is 14.9. The molecule has 16 heavy (non-hydrogen) atoms. The van der Waals surface area contributed by atoms with Gasteiger partial charge in [0, 0.05) is 24.4 Å². The summed E-state index contributed by atoms with van der Waals surface area (Å²) >= 11 is 0. The second-order valence-corrected chi connectivity index (χ2v) is 3.93. The Morgan fingerprint density at radius 3 is 2.69 bits per heavy atom. The molecule has 2 aromatic rings. The first-order valence-electron chi connectivity index (χ1n) is 5.63. The summed E-state index contributed by atoms with van der Waals surface area (Å²) in [6.45, 7) is 2.11. The Bertz CT molecular complexity index is 433. The minimum atomic E-state index is 0.0112. The highest BCUT2D eigenvalue weighted by Gasteiger charge is 2.08. The molecule has 84 valence electrons. The molecule has 1 heterocycles. The van der Waals surface area contributed by atoms with Crippen molar-refractivity contribution in [3.05, 3.63) is 53.6 Å². The van der Waals surface area contributed by atoms with E-state index in [1.54, 1.807) is 0 Å². The van der Waals surface area contributed by atoms with E-state index < -0.39 is 0 Å². The molecule has 0 fully saturated rings. The second kappa shape index (κ2) is 4.94. The molecule has 0 radical (unpaired) electrons. The Kier molecular flexibility index (Phi) is 3.37. The van der Waals surface area contributed by atoms with Crippen LogP contribution in [0.4, 0.5) is 0 Å². The summed E-state index contributed by atoms with van der Waals surface area (Å²) in [5, 5.41) is 0. The van der Waals surface area contributed by atoms with Crippen molar-refractivity contribution in [2.75, 3.05) is 0 Å². The summed E-state index contributed by atoms with van der Waals surface area (Å²) in [6.07, 6.45) is 3.62. The smallest absolute Gasteiger partial charge is 0.108 e. The van der Waals surface area contributed by atoms with Crippen LogP contribution in [0.3, 0.4) is 0 Å². The van der Waals surface area contributed by atoms with Crippen LogP contribution in [0.2, 0.25) is 0 Å². The second-order valence-electron chi connectivity index (χ2n) is 3.93. The van der Waals surface area contributed by atoms with E-state index in [0.29, 0.717) is 0 Å². The fourth-order valence-electron chi connectivity index (χ4n) is 1.72. The van der Waals surface area contributed by atoms with Gasteiger partial charge in [0.15, 0.2) is 0 Å². The molecule has 1 aromatic carbocycles. The third-order valence-electron chi connectivity index (χ3n) is 2.70. The summed E-state index contributed by atoms with van der Waals surface area (Å²) in [6, 6.07) is 10.1. The number of aromatic amines is 1. The highest BCUT2D eigenvalue weighted by molar-refractivity contribution is 5.19. The number of hydrogen-bond donors (Lipinski definition) is 2. The SMILES string of the molecule is CCc1cnc(CC(N)c2ccccc2)[nH]1. The van der Waals surface area contributed by atoms with Gasteiger partial charge in [-0.25, -0.2) is 4.98 Å². The molecular formula is C13H17N3. The van der Waals surface area contributed by atoms with E-state index in [1.807, 2.05) is 36.5 Å². The first kappa shape index (κ1) is 10.9. The molecule has 0 saturated carbocycles. The molecule has 0 bridgehead atoms. The van der Waals surface area contributed by atoms with E-state index in [9.17, 15) is 0 Å². The highest BCUT2D eigenvalue weighted by Crippen LogP contribution is 2.13. The van der Waals surface area contributed by atoms with Gasteiger partial charge in [-0.1, -0.05) is 37.3 Å². The molecule has 0 amide bonds. The van der Waals surface area contributed by atoms with E-state index in [2.05, 4.69) is 16.9 Å². The molecule has 0 aliphatic carbocycles. The number of nitrogens with two attached hydrogens (primary N) is 1. The molecule has 2 rings (SSSR count). The lowest BCUT2D eigenvalue weighted by molar-refractivity contribution is 0.693. The largest absolute Gasteiger partial charge is 0.346 e. The van der Waals surface area contributed by atoms with Gasteiger partial charge in [0.25, 0.3) is 0 Å². The van der Waals surface area contributed by atoms with Gasteiger partial charge in [-0.15, -0.1) is 0 Å². The van der Waals surface area contributed by atoms with Crippen LogP contribution in [0.5, 0.6) is 0 Å². The predicted molar refractivity (Wildman–Crippen MR) is 65.0 cm³/mol. The van der Waals surface area contributed by atoms with Crippen LogP contribution in [0.25, 0.3) is 0 Å². The summed E-state index contributed by atoms with van der Waals surface area (Å²) in [5.41, 5.74) is 8.43. The van der Waals surface area contributed by atoms with E-state index in [-0.39, 0.29) is 6.04 Å². The van der Waals surface area contributed by atoms with Gasteiger partial charge < -0.3 is 10.7 Å². The molecule has 3 heteroatoms. The van der Waals surface area contributed by atoms with Crippen molar-refractivity contribution in [2.24, 2.45) is 5.73 Å². The minimum absolute atomic E-state index is 0.0112. The van der Waals surface area contributed by atoms with Crippen molar-refractivity contribution >= 4 is 0 Å². The molecule has 0 spiro atoms. The average molecular weight is 215 g/mol. The van der Waals surface area contributed by atoms with Crippen LogP contribution in [-0.2, 0) is 12.8 Å².